The van der Waals surface area contributed by atoms with Crippen LogP contribution in [0.5, 0.6) is 0 Å². The molecule has 3 nitrogen and oxygen atoms in total. The van der Waals surface area contributed by atoms with Gasteiger partial charge in [-0.05, 0) is 29.8 Å². The van der Waals surface area contributed by atoms with Crippen molar-refractivity contribution in [1.82, 2.24) is 0 Å². The lowest BCUT2D eigenvalue weighted by Gasteiger charge is -2.07. The topological polar surface area (TPSA) is 58.6 Å². The molecule has 2 aromatic rings. The number of halogens is 1. The van der Waals surface area contributed by atoms with E-state index in [4.69, 9.17) is 10.9 Å². The van der Waals surface area contributed by atoms with Gasteiger partial charge < -0.3 is 10.9 Å². The lowest BCUT2D eigenvalue weighted by atomic mass is 10.1. The van der Waals surface area contributed by atoms with Gasteiger partial charge in [0.1, 0.15) is 5.82 Å². The number of rotatable bonds is 4. The summed E-state index contributed by atoms with van der Waals surface area (Å²) in [6.07, 6.45) is 0. The number of nitrogens with two attached hydrogens (primary N) is 1. The van der Waals surface area contributed by atoms with E-state index in [0.29, 0.717) is 11.3 Å². The third-order valence-corrected chi connectivity index (χ3v) is 3.67. The smallest absolute Gasteiger partial charge is 0.170 e. The first-order chi connectivity index (χ1) is 9.20. The number of oxime groups is 1. The highest BCUT2D eigenvalue weighted by molar-refractivity contribution is 7.98. The van der Waals surface area contributed by atoms with Gasteiger partial charge in [-0.2, -0.15) is 0 Å². The van der Waals surface area contributed by atoms with Gasteiger partial charge in [0.15, 0.2) is 5.84 Å². The number of amidine groups is 1. The van der Waals surface area contributed by atoms with Gasteiger partial charge in [-0.15, -0.1) is 11.8 Å². The van der Waals surface area contributed by atoms with E-state index in [1.807, 2.05) is 18.2 Å². The molecule has 0 bridgehead atoms. The molecule has 19 heavy (non-hydrogen) atoms. The van der Waals surface area contributed by atoms with Gasteiger partial charge >= 0.3 is 0 Å². The molecule has 0 saturated heterocycles. The molecule has 5 heteroatoms. The fraction of sp³-hybridized carbons (Fsp3) is 0.0714. The molecule has 2 rings (SSSR count). The van der Waals surface area contributed by atoms with Gasteiger partial charge in [0.05, 0.1) is 0 Å². The predicted molar refractivity (Wildman–Crippen MR) is 74.9 cm³/mol. The van der Waals surface area contributed by atoms with E-state index in [9.17, 15) is 4.39 Å². The minimum Gasteiger partial charge on any atom is -0.409 e. The van der Waals surface area contributed by atoms with Crippen molar-refractivity contribution in [2.75, 3.05) is 0 Å². The van der Waals surface area contributed by atoms with Crippen molar-refractivity contribution < 1.29 is 9.60 Å². The summed E-state index contributed by atoms with van der Waals surface area (Å²) in [5, 5.41) is 11.8. The van der Waals surface area contributed by atoms with Crippen LogP contribution < -0.4 is 5.73 Å². The molecular formula is C14H13FN2OS. The van der Waals surface area contributed by atoms with E-state index < -0.39 is 0 Å². The SMILES string of the molecule is N/C(=N\O)c1ccccc1CSc1ccc(F)cc1. The monoisotopic (exact) mass is 276 g/mol. The fourth-order valence-electron chi connectivity index (χ4n) is 1.64. The second-order valence-corrected chi connectivity index (χ2v) is 4.93. The molecule has 3 N–H and O–H groups in total. The van der Waals surface area contributed by atoms with Crippen molar-refractivity contribution in [3.8, 4) is 0 Å². The molecule has 2 aromatic carbocycles. The van der Waals surface area contributed by atoms with Gasteiger partial charge in [-0.1, -0.05) is 29.4 Å². The van der Waals surface area contributed by atoms with Crippen molar-refractivity contribution in [3.05, 3.63) is 65.5 Å². The average molecular weight is 276 g/mol. The van der Waals surface area contributed by atoms with Gasteiger partial charge in [0, 0.05) is 16.2 Å². The van der Waals surface area contributed by atoms with Crippen LogP contribution in [0.25, 0.3) is 0 Å². The zero-order valence-corrected chi connectivity index (χ0v) is 10.9. The van der Waals surface area contributed by atoms with Crippen molar-refractivity contribution in [2.24, 2.45) is 10.9 Å². The van der Waals surface area contributed by atoms with Crippen LogP contribution in [0.1, 0.15) is 11.1 Å². The Morgan fingerprint density at radius 1 is 1.16 bits per heavy atom. The summed E-state index contributed by atoms with van der Waals surface area (Å²) >= 11 is 1.57. The quantitative estimate of drug-likeness (QED) is 0.296. The number of hydrogen-bond acceptors (Lipinski definition) is 3. The van der Waals surface area contributed by atoms with Crippen molar-refractivity contribution >= 4 is 17.6 Å². The Morgan fingerprint density at radius 2 is 1.84 bits per heavy atom. The van der Waals surface area contributed by atoms with Crippen LogP contribution in [0.4, 0.5) is 4.39 Å². The zero-order valence-electron chi connectivity index (χ0n) is 10.1. The molecule has 0 aromatic heterocycles. The fourth-order valence-corrected chi connectivity index (χ4v) is 2.54. The second-order valence-electron chi connectivity index (χ2n) is 3.88. The molecule has 0 radical (unpaired) electrons. The van der Waals surface area contributed by atoms with Crippen molar-refractivity contribution in [2.45, 2.75) is 10.6 Å². The predicted octanol–water partition coefficient (Wildman–Crippen LogP) is 3.21. The summed E-state index contributed by atoms with van der Waals surface area (Å²) in [6, 6.07) is 13.8. The Bertz CT molecular complexity index is 584. The van der Waals surface area contributed by atoms with Crippen LogP contribution in [0, 0.1) is 5.82 Å². The van der Waals surface area contributed by atoms with E-state index in [2.05, 4.69) is 5.16 Å². The number of benzene rings is 2. The Kier molecular flexibility index (Phi) is 4.41. The first kappa shape index (κ1) is 13.4. The largest absolute Gasteiger partial charge is 0.409 e. The maximum absolute atomic E-state index is 12.8. The van der Waals surface area contributed by atoms with Gasteiger partial charge in [-0.3, -0.25) is 0 Å². The molecule has 0 spiro atoms. The Labute approximate surface area is 114 Å². The Hall–Kier alpha value is -2.01. The molecule has 0 aliphatic rings. The molecule has 0 atom stereocenters. The van der Waals surface area contributed by atoms with E-state index >= 15 is 0 Å². The number of nitrogens with zero attached hydrogens (tertiary/aromatic N) is 1. The van der Waals surface area contributed by atoms with E-state index in [0.717, 1.165) is 10.5 Å². The molecule has 0 aliphatic carbocycles. The molecule has 0 amide bonds. The molecule has 0 saturated carbocycles. The number of hydrogen-bond donors (Lipinski definition) is 2. The van der Waals surface area contributed by atoms with Crippen LogP contribution >= 0.6 is 11.8 Å². The minimum atomic E-state index is -0.249. The minimum absolute atomic E-state index is 0.0929. The molecular weight excluding hydrogens is 263 g/mol. The summed E-state index contributed by atoms with van der Waals surface area (Å²) in [5.74, 6) is 0.509. The highest BCUT2D eigenvalue weighted by Crippen LogP contribution is 2.24. The lowest BCUT2D eigenvalue weighted by Crippen LogP contribution is -2.15. The normalized spacial score (nSPS) is 11.5. The number of thioether (sulfide) groups is 1. The van der Waals surface area contributed by atoms with Crippen LogP contribution in [0.3, 0.4) is 0 Å². The van der Waals surface area contributed by atoms with E-state index in [1.165, 1.54) is 12.1 Å². The van der Waals surface area contributed by atoms with Crippen LogP contribution in [-0.2, 0) is 5.75 Å². The summed E-state index contributed by atoms with van der Waals surface area (Å²) in [7, 11) is 0. The third-order valence-electron chi connectivity index (χ3n) is 2.61. The summed E-state index contributed by atoms with van der Waals surface area (Å²) < 4.78 is 12.8. The molecule has 0 aliphatic heterocycles. The first-order valence-electron chi connectivity index (χ1n) is 5.65. The standard InChI is InChI=1S/C14H13FN2OS/c15-11-5-7-12(8-6-11)19-9-10-3-1-2-4-13(10)14(16)17-18/h1-8,18H,9H2,(H2,16,17). The van der Waals surface area contributed by atoms with Crippen LogP contribution in [0.15, 0.2) is 58.6 Å². The summed E-state index contributed by atoms with van der Waals surface area (Å²) in [4.78, 5) is 0.968. The van der Waals surface area contributed by atoms with Gasteiger partial charge in [0.25, 0.3) is 0 Å². The third kappa shape index (κ3) is 3.48. The maximum Gasteiger partial charge on any atom is 0.170 e. The summed E-state index contributed by atoms with van der Waals surface area (Å²) in [5.41, 5.74) is 7.30. The van der Waals surface area contributed by atoms with Crippen LogP contribution in [0.2, 0.25) is 0 Å². The van der Waals surface area contributed by atoms with E-state index in [1.54, 1.807) is 30.0 Å². The molecule has 98 valence electrons. The average Bonchev–Trinajstić information content (AvgIpc) is 2.46. The Morgan fingerprint density at radius 3 is 2.53 bits per heavy atom. The molecule has 0 heterocycles. The maximum atomic E-state index is 12.8. The van der Waals surface area contributed by atoms with Crippen molar-refractivity contribution in [3.63, 3.8) is 0 Å². The Balaban J connectivity index is 2.13. The molecule has 0 fully saturated rings. The first-order valence-corrected chi connectivity index (χ1v) is 6.63. The highest BCUT2D eigenvalue weighted by atomic mass is 32.2. The molecule has 0 unspecified atom stereocenters. The zero-order chi connectivity index (χ0) is 13.7. The lowest BCUT2D eigenvalue weighted by molar-refractivity contribution is 0.318. The van der Waals surface area contributed by atoms with Crippen LogP contribution in [-0.4, -0.2) is 11.0 Å². The van der Waals surface area contributed by atoms with Crippen molar-refractivity contribution in [1.29, 1.82) is 0 Å². The second kappa shape index (κ2) is 6.24. The summed E-state index contributed by atoms with van der Waals surface area (Å²) in [6.45, 7) is 0. The van der Waals surface area contributed by atoms with E-state index in [-0.39, 0.29) is 11.7 Å². The van der Waals surface area contributed by atoms with Gasteiger partial charge in [-0.25, -0.2) is 4.39 Å². The highest BCUT2D eigenvalue weighted by Gasteiger charge is 2.06. The van der Waals surface area contributed by atoms with Gasteiger partial charge in [0.2, 0.25) is 0 Å².